The van der Waals surface area contributed by atoms with Crippen LogP contribution in [-0.2, 0) is 0 Å². The summed E-state index contributed by atoms with van der Waals surface area (Å²) in [5.41, 5.74) is 4.34. The summed E-state index contributed by atoms with van der Waals surface area (Å²) in [5.74, 6) is 0.922. The lowest BCUT2D eigenvalue weighted by Crippen LogP contribution is -1.89. The molecule has 0 saturated carbocycles. The maximum Gasteiger partial charge on any atom is 0.147 e. The van der Waals surface area contributed by atoms with E-state index < -0.39 is 0 Å². The molecule has 0 unspecified atom stereocenters. The van der Waals surface area contributed by atoms with Crippen LogP contribution in [0.25, 0.3) is 11.3 Å². The molecule has 0 saturated heterocycles. The third-order valence-electron chi connectivity index (χ3n) is 3.06. The van der Waals surface area contributed by atoms with Crippen LogP contribution in [0, 0.1) is 5.82 Å². The van der Waals surface area contributed by atoms with E-state index in [-0.39, 0.29) is 5.82 Å². The van der Waals surface area contributed by atoms with E-state index in [4.69, 9.17) is 27.6 Å². The summed E-state index contributed by atoms with van der Waals surface area (Å²) in [6.07, 6.45) is 1.54. The van der Waals surface area contributed by atoms with Gasteiger partial charge in [-0.3, -0.25) is 5.43 Å². The number of rotatable bonds is 4. The highest BCUT2D eigenvalue weighted by Gasteiger charge is 2.03. The van der Waals surface area contributed by atoms with E-state index in [2.05, 4.69) is 10.5 Å². The van der Waals surface area contributed by atoms with Gasteiger partial charge in [-0.15, -0.1) is 0 Å². The van der Waals surface area contributed by atoms with Crippen LogP contribution >= 0.6 is 23.2 Å². The molecule has 1 aromatic heterocycles. The van der Waals surface area contributed by atoms with Crippen LogP contribution in [0.5, 0.6) is 0 Å². The second-order valence-electron chi connectivity index (χ2n) is 4.71. The molecule has 2 aromatic carbocycles. The van der Waals surface area contributed by atoms with Gasteiger partial charge in [0.2, 0.25) is 0 Å². The van der Waals surface area contributed by atoms with Gasteiger partial charge in [0.25, 0.3) is 0 Å². The van der Waals surface area contributed by atoms with E-state index in [0.29, 0.717) is 27.3 Å². The van der Waals surface area contributed by atoms with Gasteiger partial charge < -0.3 is 4.42 Å². The normalized spacial score (nSPS) is 11.1. The standard InChI is InChI=1S/C17H11Cl2FN2O/c18-15-7-5-13(9-16(15)19)22-21-10-14-6-8-17(23-14)11-1-3-12(20)4-2-11/h1-10,22H. The Labute approximate surface area is 142 Å². The highest BCUT2D eigenvalue weighted by molar-refractivity contribution is 6.42. The van der Waals surface area contributed by atoms with Gasteiger partial charge in [-0.2, -0.15) is 5.10 Å². The maximum atomic E-state index is 12.9. The van der Waals surface area contributed by atoms with Crippen LogP contribution in [0.15, 0.2) is 64.1 Å². The Hall–Kier alpha value is -2.30. The molecule has 0 aliphatic heterocycles. The number of nitrogens with zero attached hydrogens (tertiary/aromatic N) is 1. The van der Waals surface area contributed by atoms with Crippen LogP contribution in [0.4, 0.5) is 10.1 Å². The zero-order valence-electron chi connectivity index (χ0n) is 11.8. The molecule has 0 radical (unpaired) electrons. The Morgan fingerprint density at radius 3 is 2.48 bits per heavy atom. The van der Waals surface area contributed by atoms with Gasteiger partial charge in [0, 0.05) is 5.56 Å². The Balaban J connectivity index is 1.68. The van der Waals surface area contributed by atoms with E-state index >= 15 is 0 Å². The molecule has 116 valence electrons. The first-order chi connectivity index (χ1) is 11.1. The predicted octanol–water partition coefficient (Wildman–Crippen LogP) is 5.84. The summed E-state index contributed by atoms with van der Waals surface area (Å²) in [6.45, 7) is 0. The molecule has 6 heteroatoms. The van der Waals surface area contributed by atoms with Crippen molar-refractivity contribution in [2.75, 3.05) is 5.43 Å². The van der Waals surface area contributed by atoms with Gasteiger partial charge >= 0.3 is 0 Å². The van der Waals surface area contributed by atoms with Crippen LogP contribution in [-0.4, -0.2) is 6.21 Å². The quantitative estimate of drug-likeness (QED) is 0.475. The molecule has 0 atom stereocenters. The number of anilines is 1. The lowest BCUT2D eigenvalue weighted by molar-refractivity contribution is 0.574. The predicted molar refractivity (Wildman–Crippen MR) is 91.8 cm³/mol. The van der Waals surface area contributed by atoms with Crippen molar-refractivity contribution in [2.24, 2.45) is 5.10 Å². The second kappa shape index (κ2) is 6.86. The highest BCUT2D eigenvalue weighted by atomic mass is 35.5. The Morgan fingerprint density at radius 2 is 1.74 bits per heavy atom. The molecule has 1 N–H and O–H groups in total. The average molecular weight is 349 g/mol. The molecule has 0 bridgehead atoms. The van der Waals surface area contributed by atoms with Crippen molar-refractivity contribution in [3.63, 3.8) is 0 Å². The van der Waals surface area contributed by atoms with Crippen LogP contribution in [0.3, 0.4) is 0 Å². The summed E-state index contributed by atoms with van der Waals surface area (Å²) in [5, 5.41) is 5.00. The summed E-state index contributed by atoms with van der Waals surface area (Å²) in [7, 11) is 0. The van der Waals surface area contributed by atoms with Crippen molar-refractivity contribution < 1.29 is 8.81 Å². The SMILES string of the molecule is Fc1ccc(-c2ccc(C=NNc3ccc(Cl)c(Cl)c3)o2)cc1. The molecule has 0 fully saturated rings. The van der Waals surface area contributed by atoms with Crippen LogP contribution in [0.2, 0.25) is 10.0 Å². The molecule has 0 aliphatic carbocycles. The fourth-order valence-electron chi connectivity index (χ4n) is 1.93. The third-order valence-corrected chi connectivity index (χ3v) is 3.80. The van der Waals surface area contributed by atoms with Gasteiger partial charge in [-0.05, 0) is 54.6 Å². The molecule has 0 spiro atoms. The van der Waals surface area contributed by atoms with Crippen molar-refractivity contribution in [3.8, 4) is 11.3 Å². The molecule has 3 aromatic rings. The minimum Gasteiger partial charge on any atom is -0.455 e. The number of halogens is 3. The van der Waals surface area contributed by atoms with E-state index in [0.717, 1.165) is 5.56 Å². The van der Waals surface area contributed by atoms with Crippen LogP contribution in [0.1, 0.15) is 5.76 Å². The van der Waals surface area contributed by atoms with Gasteiger partial charge in [0.05, 0.1) is 21.9 Å². The van der Waals surface area contributed by atoms with Crippen molar-refractivity contribution in [3.05, 3.63) is 76.2 Å². The number of benzene rings is 2. The van der Waals surface area contributed by atoms with Crippen molar-refractivity contribution in [1.29, 1.82) is 0 Å². The second-order valence-corrected chi connectivity index (χ2v) is 5.52. The number of hydrazone groups is 1. The van der Waals surface area contributed by atoms with Gasteiger partial charge in [-0.1, -0.05) is 23.2 Å². The minimum absolute atomic E-state index is 0.284. The van der Waals surface area contributed by atoms with Crippen LogP contribution < -0.4 is 5.43 Å². The monoisotopic (exact) mass is 348 g/mol. The maximum absolute atomic E-state index is 12.9. The number of hydrogen-bond acceptors (Lipinski definition) is 3. The summed E-state index contributed by atoms with van der Waals surface area (Å²) >= 11 is 11.8. The number of furan rings is 1. The first-order valence-electron chi connectivity index (χ1n) is 6.72. The summed E-state index contributed by atoms with van der Waals surface area (Å²) in [4.78, 5) is 0. The average Bonchev–Trinajstić information content (AvgIpc) is 3.00. The van der Waals surface area contributed by atoms with E-state index in [1.807, 2.05) is 0 Å². The topological polar surface area (TPSA) is 37.5 Å². The summed E-state index contributed by atoms with van der Waals surface area (Å²) < 4.78 is 18.5. The van der Waals surface area contributed by atoms with Gasteiger partial charge in [0.1, 0.15) is 17.3 Å². The van der Waals surface area contributed by atoms with Gasteiger partial charge in [-0.25, -0.2) is 4.39 Å². The first-order valence-corrected chi connectivity index (χ1v) is 7.47. The molecule has 0 aliphatic rings. The lowest BCUT2D eigenvalue weighted by Gasteiger charge is -2.01. The third kappa shape index (κ3) is 3.92. The van der Waals surface area contributed by atoms with Crippen molar-refractivity contribution >= 4 is 35.1 Å². The van der Waals surface area contributed by atoms with Gasteiger partial charge in [0.15, 0.2) is 0 Å². The summed E-state index contributed by atoms with van der Waals surface area (Å²) in [6, 6.07) is 14.8. The molecule has 23 heavy (non-hydrogen) atoms. The number of nitrogens with one attached hydrogen (secondary N) is 1. The Kier molecular flexibility index (Phi) is 4.65. The largest absolute Gasteiger partial charge is 0.455 e. The molecule has 1 heterocycles. The van der Waals surface area contributed by atoms with E-state index in [1.54, 1.807) is 42.5 Å². The Bertz CT molecular complexity index is 844. The molecule has 3 nitrogen and oxygen atoms in total. The van der Waals surface area contributed by atoms with Crippen molar-refractivity contribution in [1.82, 2.24) is 0 Å². The Morgan fingerprint density at radius 1 is 0.957 bits per heavy atom. The lowest BCUT2D eigenvalue weighted by atomic mass is 10.2. The number of hydrogen-bond donors (Lipinski definition) is 1. The zero-order chi connectivity index (χ0) is 16.2. The minimum atomic E-state index is -0.284. The van der Waals surface area contributed by atoms with Crippen molar-refractivity contribution in [2.45, 2.75) is 0 Å². The van der Waals surface area contributed by atoms with E-state index in [1.165, 1.54) is 18.3 Å². The molecule has 3 rings (SSSR count). The smallest absolute Gasteiger partial charge is 0.147 e. The first kappa shape index (κ1) is 15.6. The fourth-order valence-corrected chi connectivity index (χ4v) is 2.23. The zero-order valence-corrected chi connectivity index (χ0v) is 13.3. The highest BCUT2D eigenvalue weighted by Crippen LogP contribution is 2.25. The molecular weight excluding hydrogens is 338 g/mol. The molecule has 0 amide bonds. The molecular formula is C17H11Cl2FN2O. The van der Waals surface area contributed by atoms with E-state index in [9.17, 15) is 4.39 Å². The fraction of sp³-hybridized carbons (Fsp3) is 0.